The quantitative estimate of drug-likeness (QED) is 0.882. The minimum absolute atomic E-state index is 0.0731. The third kappa shape index (κ3) is 2.81. The van der Waals surface area contributed by atoms with Gasteiger partial charge in [-0.25, -0.2) is 17.5 Å². The number of rotatable bonds is 4. The van der Waals surface area contributed by atoms with Crippen molar-refractivity contribution in [3.63, 3.8) is 0 Å². The molecule has 0 atom stereocenters. The number of sulfonamides is 1. The van der Waals surface area contributed by atoms with Crippen molar-refractivity contribution in [2.24, 2.45) is 5.92 Å². The van der Waals surface area contributed by atoms with E-state index >= 15 is 0 Å². The van der Waals surface area contributed by atoms with Crippen LogP contribution in [0.25, 0.3) is 0 Å². The first-order valence-electron chi connectivity index (χ1n) is 5.22. The Bertz CT molecular complexity index is 574. The van der Waals surface area contributed by atoms with Gasteiger partial charge in [0.25, 0.3) is 0 Å². The van der Waals surface area contributed by atoms with Gasteiger partial charge in [-0.15, -0.1) is 0 Å². The van der Waals surface area contributed by atoms with E-state index in [1.54, 1.807) is 6.07 Å². The molecule has 1 aliphatic rings. The Balaban J connectivity index is 2.23. The van der Waals surface area contributed by atoms with E-state index in [0.717, 1.165) is 31.0 Å². The van der Waals surface area contributed by atoms with E-state index in [1.165, 1.54) is 0 Å². The smallest absolute Gasteiger partial charge is 0.211 e. The summed E-state index contributed by atoms with van der Waals surface area (Å²) in [6.07, 6.45) is 2.07. The number of hydrogen-bond donors (Lipinski definition) is 1. The van der Waals surface area contributed by atoms with E-state index in [1.807, 2.05) is 0 Å². The highest BCUT2D eigenvalue weighted by Gasteiger charge is 2.24. The molecule has 1 saturated carbocycles. The van der Waals surface area contributed by atoms with Gasteiger partial charge in [-0.05, 0) is 37.0 Å². The lowest BCUT2D eigenvalue weighted by Crippen LogP contribution is -2.25. The van der Waals surface area contributed by atoms with Crippen LogP contribution in [0.5, 0.6) is 0 Å². The Kier molecular flexibility index (Phi) is 3.13. The third-order valence-electron chi connectivity index (χ3n) is 2.63. The molecule has 1 aromatic carbocycles. The first-order valence-corrected chi connectivity index (χ1v) is 6.70. The molecule has 0 radical (unpaired) electrons. The second-order valence-corrected chi connectivity index (χ2v) is 5.82. The van der Waals surface area contributed by atoms with Gasteiger partial charge in [0.05, 0.1) is 10.5 Å². The van der Waals surface area contributed by atoms with Crippen molar-refractivity contribution in [1.82, 2.24) is 4.72 Å². The molecule has 0 saturated heterocycles. The average Bonchev–Trinajstić information content (AvgIpc) is 3.10. The Morgan fingerprint density at radius 2 is 2.18 bits per heavy atom. The minimum Gasteiger partial charge on any atom is -0.211 e. The van der Waals surface area contributed by atoms with Crippen molar-refractivity contribution in [2.75, 3.05) is 6.54 Å². The predicted molar refractivity (Wildman–Crippen MR) is 59.0 cm³/mol. The topological polar surface area (TPSA) is 70.0 Å². The zero-order chi connectivity index (χ0) is 12.5. The van der Waals surface area contributed by atoms with Gasteiger partial charge in [0.2, 0.25) is 10.0 Å². The molecule has 0 heterocycles. The van der Waals surface area contributed by atoms with Crippen molar-refractivity contribution in [1.29, 1.82) is 5.26 Å². The van der Waals surface area contributed by atoms with Gasteiger partial charge in [0.15, 0.2) is 0 Å². The Morgan fingerprint density at radius 1 is 1.47 bits per heavy atom. The van der Waals surface area contributed by atoms with E-state index in [9.17, 15) is 12.8 Å². The van der Waals surface area contributed by atoms with E-state index in [2.05, 4.69) is 4.72 Å². The van der Waals surface area contributed by atoms with Crippen molar-refractivity contribution in [3.05, 3.63) is 29.6 Å². The van der Waals surface area contributed by atoms with Gasteiger partial charge in [0.1, 0.15) is 11.9 Å². The molecular weight excluding hydrogens is 243 g/mol. The van der Waals surface area contributed by atoms with Crippen LogP contribution in [0.1, 0.15) is 18.4 Å². The van der Waals surface area contributed by atoms with E-state index in [-0.39, 0.29) is 10.5 Å². The molecule has 2 rings (SSSR count). The summed E-state index contributed by atoms with van der Waals surface area (Å²) >= 11 is 0. The SMILES string of the molecule is N#Cc1cc(S(=O)(=O)NCC2CC2)ccc1F. The van der Waals surface area contributed by atoms with Crippen molar-refractivity contribution in [2.45, 2.75) is 17.7 Å². The third-order valence-corrected chi connectivity index (χ3v) is 4.05. The fraction of sp³-hybridized carbons (Fsp3) is 0.364. The molecule has 0 amide bonds. The van der Waals surface area contributed by atoms with Crippen LogP contribution < -0.4 is 4.72 Å². The highest BCUT2D eigenvalue weighted by molar-refractivity contribution is 7.89. The number of halogens is 1. The molecular formula is C11H11FN2O2S. The highest BCUT2D eigenvalue weighted by atomic mass is 32.2. The van der Waals surface area contributed by atoms with E-state index in [0.29, 0.717) is 12.5 Å². The lowest BCUT2D eigenvalue weighted by molar-refractivity contribution is 0.576. The summed E-state index contributed by atoms with van der Waals surface area (Å²) in [5.41, 5.74) is -0.265. The van der Waals surface area contributed by atoms with Crippen molar-refractivity contribution >= 4 is 10.0 Å². The number of nitrogens with one attached hydrogen (secondary N) is 1. The van der Waals surface area contributed by atoms with E-state index < -0.39 is 15.8 Å². The second kappa shape index (κ2) is 4.43. The number of benzene rings is 1. The van der Waals surface area contributed by atoms with Crippen molar-refractivity contribution < 1.29 is 12.8 Å². The van der Waals surface area contributed by atoms with Crippen LogP contribution in [0.2, 0.25) is 0 Å². The van der Waals surface area contributed by atoms with Crippen LogP contribution in [0.3, 0.4) is 0 Å². The molecule has 0 unspecified atom stereocenters. The maximum atomic E-state index is 13.0. The average molecular weight is 254 g/mol. The van der Waals surface area contributed by atoms with Crippen LogP contribution in [-0.4, -0.2) is 15.0 Å². The van der Waals surface area contributed by atoms with Gasteiger partial charge < -0.3 is 0 Å². The molecule has 1 N–H and O–H groups in total. The van der Waals surface area contributed by atoms with Crippen LogP contribution >= 0.6 is 0 Å². The Labute approximate surface area is 99.1 Å². The maximum absolute atomic E-state index is 13.0. The molecule has 0 aromatic heterocycles. The van der Waals surface area contributed by atoms with Gasteiger partial charge in [-0.2, -0.15) is 5.26 Å². The molecule has 1 aliphatic carbocycles. The maximum Gasteiger partial charge on any atom is 0.240 e. The summed E-state index contributed by atoms with van der Waals surface area (Å²) in [5.74, 6) is -0.297. The molecule has 0 aliphatic heterocycles. The summed E-state index contributed by atoms with van der Waals surface area (Å²) in [6.45, 7) is 0.404. The normalized spacial score (nSPS) is 15.5. The highest BCUT2D eigenvalue weighted by Crippen LogP contribution is 2.28. The summed E-state index contributed by atoms with van der Waals surface area (Å²) in [5, 5.41) is 8.63. The summed E-state index contributed by atoms with van der Waals surface area (Å²) in [4.78, 5) is -0.0731. The zero-order valence-corrected chi connectivity index (χ0v) is 9.80. The summed E-state index contributed by atoms with van der Waals surface area (Å²) in [6, 6.07) is 4.81. The lowest BCUT2D eigenvalue weighted by Gasteiger charge is -2.06. The standard InChI is InChI=1S/C11H11FN2O2S/c12-11-4-3-10(5-9(11)6-13)17(15,16)14-7-8-1-2-8/h3-5,8,14H,1-2,7H2. The van der Waals surface area contributed by atoms with E-state index in [4.69, 9.17) is 5.26 Å². The van der Waals surface area contributed by atoms with Crippen LogP contribution in [-0.2, 0) is 10.0 Å². The number of nitriles is 1. The minimum atomic E-state index is -3.63. The predicted octanol–water partition coefficient (Wildman–Crippen LogP) is 1.39. The van der Waals surface area contributed by atoms with Crippen LogP contribution in [0.15, 0.2) is 23.1 Å². The molecule has 4 nitrogen and oxygen atoms in total. The van der Waals surface area contributed by atoms with Crippen molar-refractivity contribution in [3.8, 4) is 6.07 Å². The summed E-state index contributed by atoms with van der Waals surface area (Å²) < 4.78 is 39.1. The first kappa shape index (κ1) is 12.0. The zero-order valence-electron chi connectivity index (χ0n) is 8.98. The molecule has 0 bridgehead atoms. The molecule has 1 aromatic rings. The van der Waals surface area contributed by atoms with Gasteiger partial charge in [-0.3, -0.25) is 0 Å². The summed E-state index contributed by atoms with van der Waals surface area (Å²) in [7, 11) is -3.63. The van der Waals surface area contributed by atoms with Gasteiger partial charge in [-0.1, -0.05) is 0 Å². The Hall–Kier alpha value is -1.45. The Morgan fingerprint density at radius 3 is 2.76 bits per heavy atom. The van der Waals surface area contributed by atoms with Crippen LogP contribution in [0.4, 0.5) is 4.39 Å². The largest absolute Gasteiger partial charge is 0.240 e. The molecule has 1 fully saturated rings. The molecule has 0 spiro atoms. The number of nitrogens with zero attached hydrogens (tertiary/aromatic N) is 1. The molecule has 17 heavy (non-hydrogen) atoms. The number of hydrogen-bond acceptors (Lipinski definition) is 3. The fourth-order valence-electron chi connectivity index (χ4n) is 1.39. The van der Waals surface area contributed by atoms with Gasteiger partial charge >= 0.3 is 0 Å². The monoisotopic (exact) mass is 254 g/mol. The van der Waals surface area contributed by atoms with Crippen LogP contribution in [0, 0.1) is 23.1 Å². The first-order chi connectivity index (χ1) is 8.03. The fourth-order valence-corrected chi connectivity index (χ4v) is 2.53. The lowest BCUT2D eigenvalue weighted by atomic mass is 10.2. The second-order valence-electron chi connectivity index (χ2n) is 4.05. The van der Waals surface area contributed by atoms with Gasteiger partial charge in [0, 0.05) is 6.54 Å². The molecule has 6 heteroatoms. The molecule has 90 valence electrons.